The standard InChI is InChI=1S/C26H24N2O2S/c1-17(2)30-21-16-10-9-15-20(21)24-22(25(29)19-13-7-4-8-14-19)23(27-26(31)28-24)18-11-5-3-6-12-18/h3-17,24H,1-2H3,(H2,27,28,31). The van der Waals surface area contributed by atoms with Crippen LogP contribution in [-0.2, 0) is 0 Å². The van der Waals surface area contributed by atoms with Crippen molar-refractivity contribution in [3.05, 3.63) is 107 Å². The molecular weight excluding hydrogens is 404 g/mol. The summed E-state index contributed by atoms with van der Waals surface area (Å²) in [4.78, 5) is 13.8. The number of carbonyl (C=O) groups is 1. The van der Waals surface area contributed by atoms with Crippen molar-refractivity contribution in [1.29, 1.82) is 0 Å². The summed E-state index contributed by atoms with van der Waals surface area (Å²) in [5, 5.41) is 7.01. The fourth-order valence-electron chi connectivity index (χ4n) is 3.70. The van der Waals surface area contributed by atoms with E-state index in [1.54, 1.807) is 0 Å². The largest absolute Gasteiger partial charge is 0.491 e. The van der Waals surface area contributed by atoms with E-state index in [1.165, 1.54) is 0 Å². The zero-order valence-electron chi connectivity index (χ0n) is 17.5. The molecule has 3 aromatic carbocycles. The molecule has 0 spiro atoms. The Balaban J connectivity index is 1.93. The van der Waals surface area contributed by atoms with Crippen molar-refractivity contribution in [2.75, 3.05) is 0 Å². The van der Waals surface area contributed by atoms with E-state index in [9.17, 15) is 4.79 Å². The second-order valence-corrected chi connectivity index (χ2v) is 7.99. The van der Waals surface area contributed by atoms with Crippen molar-refractivity contribution < 1.29 is 9.53 Å². The van der Waals surface area contributed by atoms with Crippen LogP contribution in [0.25, 0.3) is 5.70 Å². The summed E-state index contributed by atoms with van der Waals surface area (Å²) in [5.41, 5.74) is 3.70. The molecule has 0 saturated carbocycles. The molecule has 31 heavy (non-hydrogen) atoms. The second kappa shape index (κ2) is 9.14. The van der Waals surface area contributed by atoms with E-state index >= 15 is 0 Å². The van der Waals surface area contributed by atoms with E-state index in [2.05, 4.69) is 10.6 Å². The number of rotatable bonds is 6. The highest BCUT2D eigenvalue weighted by atomic mass is 32.1. The molecule has 4 rings (SSSR count). The smallest absolute Gasteiger partial charge is 0.193 e. The quantitative estimate of drug-likeness (QED) is 0.413. The SMILES string of the molecule is CC(C)Oc1ccccc1C1NC(=S)NC(c2ccccc2)=C1C(=O)c1ccccc1. The zero-order chi connectivity index (χ0) is 21.8. The average molecular weight is 429 g/mol. The number of hydrogen-bond donors (Lipinski definition) is 2. The molecule has 0 aliphatic carbocycles. The van der Waals surface area contributed by atoms with Gasteiger partial charge in [-0.2, -0.15) is 0 Å². The Hall–Kier alpha value is -3.44. The third-order valence-electron chi connectivity index (χ3n) is 5.01. The van der Waals surface area contributed by atoms with Crippen LogP contribution in [0.1, 0.15) is 41.4 Å². The molecular formula is C26H24N2O2S. The van der Waals surface area contributed by atoms with Crippen LogP contribution >= 0.6 is 12.2 Å². The Morgan fingerprint density at radius 1 is 0.903 bits per heavy atom. The van der Waals surface area contributed by atoms with Crippen molar-refractivity contribution in [2.24, 2.45) is 0 Å². The topological polar surface area (TPSA) is 50.4 Å². The Morgan fingerprint density at radius 3 is 2.19 bits per heavy atom. The third kappa shape index (κ3) is 4.52. The maximum Gasteiger partial charge on any atom is 0.193 e. The summed E-state index contributed by atoms with van der Waals surface area (Å²) in [6.07, 6.45) is 0.000616. The average Bonchev–Trinajstić information content (AvgIpc) is 2.79. The number of carbonyl (C=O) groups excluding carboxylic acids is 1. The predicted octanol–water partition coefficient (Wildman–Crippen LogP) is 5.29. The lowest BCUT2D eigenvalue weighted by Crippen LogP contribution is -2.45. The van der Waals surface area contributed by atoms with Gasteiger partial charge >= 0.3 is 0 Å². The van der Waals surface area contributed by atoms with Gasteiger partial charge in [-0.3, -0.25) is 4.79 Å². The van der Waals surface area contributed by atoms with Crippen LogP contribution in [0, 0.1) is 0 Å². The van der Waals surface area contributed by atoms with Gasteiger partial charge in [0.25, 0.3) is 0 Å². The fraction of sp³-hybridized carbons (Fsp3) is 0.154. The molecule has 3 aromatic rings. The Bertz CT molecular complexity index is 1120. The van der Waals surface area contributed by atoms with E-state index in [0.29, 0.717) is 21.9 Å². The van der Waals surface area contributed by atoms with Gasteiger partial charge in [-0.1, -0.05) is 78.9 Å². The number of hydrogen-bond acceptors (Lipinski definition) is 3. The molecule has 0 aromatic heterocycles. The number of benzene rings is 3. The Kier molecular flexibility index (Phi) is 6.14. The lowest BCUT2D eigenvalue weighted by Gasteiger charge is -2.33. The maximum absolute atomic E-state index is 13.8. The number of nitrogens with one attached hydrogen (secondary N) is 2. The van der Waals surface area contributed by atoms with E-state index < -0.39 is 6.04 Å². The van der Waals surface area contributed by atoms with Gasteiger partial charge in [0.05, 0.1) is 23.4 Å². The maximum atomic E-state index is 13.8. The van der Waals surface area contributed by atoms with Crippen molar-refractivity contribution in [3.63, 3.8) is 0 Å². The Morgan fingerprint density at radius 2 is 1.52 bits per heavy atom. The fourth-order valence-corrected chi connectivity index (χ4v) is 3.92. The summed E-state index contributed by atoms with van der Waals surface area (Å²) in [7, 11) is 0. The molecule has 1 aliphatic heterocycles. The molecule has 156 valence electrons. The first-order valence-electron chi connectivity index (χ1n) is 10.3. The van der Waals surface area contributed by atoms with Gasteiger partial charge in [0, 0.05) is 11.1 Å². The lowest BCUT2D eigenvalue weighted by atomic mass is 9.87. The molecule has 0 radical (unpaired) electrons. The molecule has 1 atom stereocenters. The number of thiocarbonyl (C=S) groups is 1. The van der Waals surface area contributed by atoms with Crippen LogP contribution in [0.3, 0.4) is 0 Å². The van der Waals surface area contributed by atoms with Gasteiger partial charge in [0.1, 0.15) is 5.75 Å². The molecule has 5 heteroatoms. The summed E-state index contributed by atoms with van der Waals surface area (Å²) in [6, 6.07) is 26.4. The molecule has 0 saturated heterocycles. The van der Waals surface area contributed by atoms with Crippen LogP contribution in [0.4, 0.5) is 0 Å². The molecule has 0 amide bonds. The second-order valence-electron chi connectivity index (χ2n) is 7.59. The minimum absolute atomic E-state index is 0.000616. The number of ketones is 1. The summed E-state index contributed by atoms with van der Waals surface area (Å²) in [6.45, 7) is 3.97. The minimum atomic E-state index is -0.452. The van der Waals surface area contributed by atoms with E-state index in [-0.39, 0.29) is 11.9 Å². The van der Waals surface area contributed by atoms with Crippen LogP contribution in [-0.4, -0.2) is 17.0 Å². The molecule has 0 bridgehead atoms. The van der Waals surface area contributed by atoms with Crippen molar-refractivity contribution >= 4 is 28.8 Å². The number of ether oxygens (including phenoxy) is 1. The molecule has 2 N–H and O–H groups in total. The van der Waals surface area contributed by atoms with Gasteiger partial charge in [0.2, 0.25) is 0 Å². The van der Waals surface area contributed by atoms with Crippen LogP contribution < -0.4 is 15.4 Å². The van der Waals surface area contributed by atoms with Gasteiger partial charge in [-0.25, -0.2) is 0 Å². The third-order valence-corrected chi connectivity index (χ3v) is 5.23. The van der Waals surface area contributed by atoms with E-state index in [4.69, 9.17) is 17.0 Å². The van der Waals surface area contributed by atoms with Crippen molar-refractivity contribution in [3.8, 4) is 5.75 Å². The molecule has 0 fully saturated rings. The molecule has 1 aliphatic rings. The summed E-state index contributed by atoms with van der Waals surface area (Å²) >= 11 is 5.54. The lowest BCUT2D eigenvalue weighted by molar-refractivity contribution is 0.102. The normalized spacial score (nSPS) is 16.0. The highest BCUT2D eigenvalue weighted by Gasteiger charge is 2.34. The van der Waals surface area contributed by atoms with Crippen LogP contribution in [0.5, 0.6) is 5.75 Å². The van der Waals surface area contributed by atoms with Gasteiger partial charge in [-0.05, 0) is 37.7 Å². The first kappa shape index (κ1) is 20.8. The highest BCUT2D eigenvalue weighted by molar-refractivity contribution is 7.80. The predicted molar refractivity (Wildman–Crippen MR) is 128 cm³/mol. The Labute approximate surface area is 188 Å². The van der Waals surface area contributed by atoms with Crippen molar-refractivity contribution in [2.45, 2.75) is 26.0 Å². The van der Waals surface area contributed by atoms with Crippen molar-refractivity contribution in [1.82, 2.24) is 10.6 Å². The van der Waals surface area contributed by atoms with Gasteiger partial charge in [-0.15, -0.1) is 0 Å². The van der Waals surface area contributed by atoms with Gasteiger partial charge < -0.3 is 15.4 Å². The first-order chi connectivity index (χ1) is 15.0. The van der Waals surface area contributed by atoms with Crippen LogP contribution in [0.15, 0.2) is 90.5 Å². The molecule has 1 unspecified atom stereocenters. The number of para-hydroxylation sites is 1. The monoisotopic (exact) mass is 428 g/mol. The van der Waals surface area contributed by atoms with Gasteiger partial charge in [0.15, 0.2) is 10.9 Å². The zero-order valence-corrected chi connectivity index (χ0v) is 18.3. The molecule has 4 nitrogen and oxygen atoms in total. The first-order valence-corrected chi connectivity index (χ1v) is 10.7. The highest BCUT2D eigenvalue weighted by Crippen LogP contribution is 2.37. The van der Waals surface area contributed by atoms with Crippen LogP contribution in [0.2, 0.25) is 0 Å². The van der Waals surface area contributed by atoms with E-state index in [1.807, 2.05) is 98.8 Å². The number of Topliss-reactive ketones (excluding diaryl/α,β-unsaturated/α-hetero) is 1. The summed E-state index contributed by atoms with van der Waals surface area (Å²) in [5.74, 6) is 0.664. The minimum Gasteiger partial charge on any atom is -0.491 e. The summed E-state index contributed by atoms with van der Waals surface area (Å²) < 4.78 is 6.07. The molecule has 1 heterocycles. The van der Waals surface area contributed by atoms with E-state index in [0.717, 1.165) is 16.9 Å².